The molecule has 5 fully saturated rings. The number of benzene rings is 2. The van der Waals surface area contributed by atoms with Gasteiger partial charge in [0.05, 0.1) is 18.4 Å². The number of hydrogen-bond donors (Lipinski definition) is 4. The van der Waals surface area contributed by atoms with Gasteiger partial charge in [0.15, 0.2) is 5.82 Å². The average molecular weight is 786 g/mol. The summed E-state index contributed by atoms with van der Waals surface area (Å²) in [6, 6.07) is 12.0. The van der Waals surface area contributed by atoms with Gasteiger partial charge >= 0.3 is 6.09 Å². The Kier molecular flexibility index (Phi) is 11.5. The fourth-order valence-electron chi connectivity index (χ4n) is 8.89. The number of piperazine rings is 1. The quantitative estimate of drug-likeness (QED) is 0.209. The van der Waals surface area contributed by atoms with Gasteiger partial charge in [0, 0.05) is 73.6 Å². The first-order chi connectivity index (χ1) is 27.7. The summed E-state index contributed by atoms with van der Waals surface area (Å²) in [5.41, 5.74) is 2.36. The van der Waals surface area contributed by atoms with Crippen molar-refractivity contribution in [1.82, 2.24) is 25.5 Å². The molecule has 3 aromatic rings. The van der Waals surface area contributed by atoms with Crippen molar-refractivity contribution in [3.05, 3.63) is 60.3 Å². The summed E-state index contributed by atoms with van der Waals surface area (Å²) in [4.78, 5) is 63.7. The molecule has 8 rings (SSSR count). The second-order valence-electron chi connectivity index (χ2n) is 15.8. The lowest BCUT2D eigenvalue weighted by molar-refractivity contribution is -0.133. The number of nitrogens with zero attached hydrogens (tertiary/aromatic N) is 5. The fraction of sp³-hybridized carbons (Fsp3) is 0.512. The lowest BCUT2D eigenvalue weighted by Gasteiger charge is -2.42. The number of anilines is 4. The number of piperidine rings is 1. The zero-order valence-electron chi connectivity index (χ0n) is 31.9. The van der Waals surface area contributed by atoms with Crippen molar-refractivity contribution >= 4 is 46.8 Å². The standard InChI is InChI=1S/C41H49F2N9O5/c42-32-23-29(45-34-13-15-36(53)48-39(34)55)10-14-35(32)51-18-16-50(17-19-51)30-11-4-25(5-12-30)38(54)46-27-6-8-28(9-7-27)47-40-44-24-33(43)37(49-40)26-2-1-3-31(22-26)52-20-21-57-41(52)56/h1-3,10,14,22-25,27-28,30,34,45H,4-9,11-13,15-21H2,(H,46,54)(H,44,47,49)(H,48,53,55)/t25-,27?,28?,30-,34?. The van der Waals surface area contributed by atoms with Crippen molar-refractivity contribution in [2.75, 3.05) is 59.8 Å². The van der Waals surface area contributed by atoms with Gasteiger partial charge in [-0.05, 0) is 88.1 Å². The summed E-state index contributed by atoms with van der Waals surface area (Å²) in [5.74, 6) is -1.10. The van der Waals surface area contributed by atoms with Crippen LogP contribution in [-0.2, 0) is 19.1 Å². The zero-order chi connectivity index (χ0) is 39.5. The minimum atomic E-state index is -0.564. The van der Waals surface area contributed by atoms with Crippen molar-refractivity contribution in [2.45, 2.75) is 88.4 Å². The summed E-state index contributed by atoms with van der Waals surface area (Å²) in [7, 11) is 0. The molecule has 1 aromatic heterocycles. The van der Waals surface area contributed by atoms with Crippen LogP contribution in [0.2, 0.25) is 0 Å². The lowest BCUT2D eigenvalue weighted by atomic mass is 9.83. The van der Waals surface area contributed by atoms with Gasteiger partial charge in [0.2, 0.25) is 23.7 Å². The summed E-state index contributed by atoms with van der Waals surface area (Å²) in [5, 5.41) is 12.0. The van der Waals surface area contributed by atoms with E-state index in [1.54, 1.807) is 36.4 Å². The Balaban J connectivity index is 0.753. The maximum atomic E-state index is 15.2. The molecule has 16 heteroatoms. The van der Waals surface area contributed by atoms with Crippen LogP contribution < -0.4 is 31.1 Å². The minimum absolute atomic E-state index is 0.000402. The molecule has 2 aliphatic carbocycles. The van der Waals surface area contributed by atoms with Crippen LogP contribution in [0.15, 0.2) is 48.7 Å². The van der Waals surface area contributed by atoms with E-state index in [2.05, 4.69) is 41.0 Å². The monoisotopic (exact) mass is 785 g/mol. The maximum absolute atomic E-state index is 15.2. The molecular weight excluding hydrogens is 737 g/mol. The van der Waals surface area contributed by atoms with E-state index < -0.39 is 18.0 Å². The van der Waals surface area contributed by atoms with Gasteiger partial charge in [0.1, 0.15) is 24.2 Å². The molecular formula is C41H49F2N9O5. The van der Waals surface area contributed by atoms with E-state index in [4.69, 9.17) is 4.74 Å². The van der Waals surface area contributed by atoms with Gasteiger partial charge in [-0.1, -0.05) is 12.1 Å². The molecule has 3 saturated heterocycles. The molecule has 0 bridgehead atoms. The van der Waals surface area contributed by atoms with Crippen LogP contribution in [-0.4, -0.2) is 102 Å². The Bertz CT molecular complexity index is 1980. The Morgan fingerprint density at radius 3 is 2.32 bits per heavy atom. The number of imide groups is 1. The summed E-state index contributed by atoms with van der Waals surface area (Å²) in [6.07, 6.45) is 8.26. The Morgan fingerprint density at radius 1 is 0.825 bits per heavy atom. The normalized spacial score (nSPS) is 25.8. The fourth-order valence-corrected chi connectivity index (χ4v) is 8.89. The number of ether oxygens (including phenoxy) is 1. The minimum Gasteiger partial charge on any atom is -0.447 e. The number of carbonyl (C=O) groups is 4. The molecule has 1 atom stereocenters. The molecule has 1 unspecified atom stereocenters. The number of carbonyl (C=O) groups excluding carboxylic acids is 4. The first-order valence-electron chi connectivity index (χ1n) is 20.2. The highest BCUT2D eigenvalue weighted by Gasteiger charge is 2.33. The third-order valence-electron chi connectivity index (χ3n) is 12.1. The number of aromatic nitrogens is 2. The largest absolute Gasteiger partial charge is 0.447 e. The van der Waals surface area contributed by atoms with Crippen molar-refractivity contribution in [3.8, 4) is 11.3 Å². The van der Waals surface area contributed by atoms with E-state index in [0.717, 1.165) is 70.7 Å². The zero-order valence-corrected chi connectivity index (χ0v) is 31.9. The number of halogens is 2. The van der Waals surface area contributed by atoms with Gasteiger partial charge < -0.3 is 25.6 Å². The molecule has 57 heavy (non-hydrogen) atoms. The third kappa shape index (κ3) is 8.95. The number of nitrogens with one attached hydrogen (secondary N) is 4. The Hall–Kier alpha value is -5.38. The first-order valence-corrected chi connectivity index (χ1v) is 20.2. The highest BCUT2D eigenvalue weighted by Crippen LogP contribution is 2.32. The van der Waals surface area contributed by atoms with Crippen LogP contribution in [0.1, 0.15) is 64.2 Å². The molecule has 4 N–H and O–H groups in total. The topological polar surface area (TPSA) is 161 Å². The third-order valence-corrected chi connectivity index (χ3v) is 12.1. The smallest absolute Gasteiger partial charge is 0.414 e. The van der Waals surface area contributed by atoms with Crippen molar-refractivity contribution in [1.29, 1.82) is 0 Å². The van der Waals surface area contributed by atoms with Crippen LogP contribution in [0.25, 0.3) is 11.3 Å². The Morgan fingerprint density at radius 2 is 1.60 bits per heavy atom. The molecule has 5 aliphatic rings. The van der Waals surface area contributed by atoms with Crippen LogP contribution >= 0.6 is 0 Å². The molecule has 4 amide bonds. The van der Waals surface area contributed by atoms with Crippen molar-refractivity contribution in [2.24, 2.45) is 5.92 Å². The van der Waals surface area contributed by atoms with E-state index >= 15 is 4.39 Å². The highest BCUT2D eigenvalue weighted by molar-refractivity contribution is 6.01. The van der Waals surface area contributed by atoms with E-state index in [1.807, 2.05) is 0 Å². The lowest BCUT2D eigenvalue weighted by Crippen LogP contribution is -2.52. The van der Waals surface area contributed by atoms with Gasteiger partial charge in [-0.2, -0.15) is 0 Å². The number of hydrogen-bond acceptors (Lipinski definition) is 11. The predicted molar refractivity (Wildman–Crippen MR) is 210 cm³/mol. The molecule has 2 aromatic carbocycles. The van der Waals surface area contributed by atoms with Crippen molar-refractivity contribution in [3.63, 3.8) is 0 Å². The Labute approximate surface area is 330 Å². The van der Waals surface area contributed by atoms with Gasteiger partial charge in [-0.25, -0.2) is 23.5 Å². The van der Waals surface area contributed by atoms with E-state index in [9.17, 15) is 23.6 Å². The summed E-state index contributed by atoms with van der Waals surface area (Å²) < 4.78 is 35.1. The molecule has 4 heterocycles. The number of amides is 4. The van der Waals surface area contributed by atoms with E-state index in [1.165, 1.54) is 11.0 Å². The van der Waals surface area contributed by atoms with Crippen LogP contribution in [0, 0.1) is 17.6 Å². The second kappa shape index (κ2) is 17.0. The highest BCUT2D eigenvalue weighted by atomic mass is 19.1. The molecule has 14 nitrogen and oxygen atoms in total. The molecule has 0 spiro atoms. The maximum Gasteiger partial charge on any atom is 0.414 e. The number of rotatable bonds is 10. The van der Waals surface area contributed by atoms with Crippen molar-refractivity contribution < 1.29 is 32.7 Å². The molecule has 302 valence electrons. The summed E-state index contributed by atoms with van der Waals surface area (Å²) >= 11 is 0. The number of cyclic esters (lactones) is 1. The molecule has 2 saturated carbocycles. The average Bonchev–Trinajstić information content (AvgIpc) is 3.66. The van der Waals surface area contributed by atoms with Gasteiger partial charge in [-0.3, -0.25) is 29.5 Å². The first kappa shape index (κ1) is 38.5. The van der Waals surface area contributed by atoms with Crippen LogP contribution in [0.5, 0.6) is 0 Å². The second-order valence-corrected chi connectivity index (χ2v) is 15.8. The van der Waals surface area contributed by atoms with Gasteiger partial charge in [-0.15, -0.1) is 0 Å². The van der Waals surface area contributed by atoms with Crippen LogP contribution in [0.4, 0.5) is 36.6 Å². The van der Waals surface area contributed by atoms with E-state index in [-0.39, 0.29) is 53.7 Å². The predicted octanol–water partition coefficient (Wildman–Crippen LogP) is 4.82. The molecule has 0 radical (unpaired) electrons. The van der Waals surface area contributed by atoms with Gasteiger partial charge in [0.25, 0.3) is 0 Å². The summed E-state index contributed by atoms with van der Waals surface area (Å²) in [6.45, 7) is 3.80. The van der Waals surface area contributed by atoms with Crippen LogP contribution in [0.3, 0.4) is 0 Å². The molecule has 3 aliphatic heterocycles. The van der Waals surface area contributed by atoms with E-state index in [0.29, 0.717) is 67.3 Å². The SMILES string of the molecule is O=C1CCC(Nc2ccc(N3CCN([C@H]4CC[C@H](C(=O)NC5CCC(Nc6ncc(F)c(-c7cccc(N8CCOC8=O)c7)n6)CC5)CC4)CC3)c(F)c2)C(=O)N1.